The van der Waals surface area contributed by atoms with Gasteiger partial charge in [0.1, 0.15) is 5.00 Å². The van der Waals surface area contributed by atoms with Gasteiger partial charge >= 0.3 is 0 Å². The number of halogens is 1. The van der Waals surface area contributed by atoms with Gasteiger partial charge in [-0.25, -0.2) is 0 Å². The van der Waals surface area contributed by atoms with Crippen LogP contribution in [0.3, 0.4) is 0 Å². The third-order valence-corrected chi connectivity index (χ3v) is 2.72. The van der Waals surface area contributed by atoms with E-state index in [0.29, 0.717) is 16.9 Å². The highest BCUT2D eigenvalue weighted by atomic mass is 79.9. The summed E-state index contributed by atoms with van der Waals surface area (Å²) in [5.41, 5.74) is 0.502. The Morgan fingerprint density at radius 3 is 2.92 bits per heavy atom. The van der Waals surface area contributed by atoms with Gasteiger partial charge in [-0.3, -0.25) is 9.59 Å². The summed E-state index contributed by atoms with van der Waals surface area (Å²) in [5, 5.41) is 3.15. The van der Waals surface area contributed by atoms with Gasteiger partial charge in [0.15, 0.2) is 6.29 Å². The lowest BCUT2D eigenvalue weighted by molar-refractivity contribution is -0.114. The van der Waals surface area contributed by atoms with Gasteiger partial charge < -0.3 is 5.32 Å². The van der Waals surface area contributed by atoms with Crippen LogP contribution in [0.2, 0.25) is 0 Å². The number of aldehydes is 1. The molecular formula is C7H6BrNO2S. The molecule has 0 unspecified atom stereocenters. The van der Waals surface area contributed by atoms with Crippen molar-refractivity contribution in [3.8, 4) is 0 Å². The molecule has 1 N–H and O–H groups in total. The van der Waals surface area contributed by atoms with Crippen LogP contribution in [0.5, 0.6) is 0 Å². The normalized spacial score (nSPS) is 9.50. The van der Waals surface area contributed by atoms with E-state index in [2.05, 4.69) is 21.2 Å². The van der Waals surface area contributed by atoms with Crippen molar-refractivity contribution < 1.29 is 9.59 Å². The highest BCUT2D eigenvalue weighted by Gasteiger charge is 2.07. The third-order valence-electron chi connectivity index (χ3n) is 1.15. The molecule has 0 saturated carbocycles. The van der Waals surface area contributed by atoms with Crippen LogP contribution < -0.4 is 5.32 Å². The van der Waals surface area contributed by atoms with E-state index in [-0.39, 0.29) is 5.91 Å². The number of hydrogen-bond acceptors (Lipinski definition) is 3. The van der Waals surface area contributed by atoms with E-state index in [1.54, 1.807) is 6.07 Å². The number of anilines is 1. The minimum atomic E-state index is -0.174. The third kappa shape index (κ3) is 2.15. The smallest absolute Gasteiger partial charge is 0.221 e. The fourth-order valence-electron chi connectivity index (χ4n) is 0.719. The second-order valence-electron chi connectivity index (χ2n) is 2.13. The van der Waals surface area contributed by atoms with Crippen LogP contribution in [0.1, 0.15) is 17.3 Å². The molecule has 1 rings (SSSR count). The molecule has 0 aliphatic rings. The zero-order valence-electron chi connectivity index (χ0n) is 6.26. The second kappa shape index (κ2) is 3.82. The number of amides is 1. The minimum Gasteiger partial charge on any atom is -0.317 e. The molecule has 0 fully saturated rings. The number of rotatable bonds is 2. The Kier molecular flexibility index (Phi) is 2.99. The van der Waals surface area contributed by atoms with Crippen molar-refractivity contribution in [2.24, 2.45) is 0 Å². The molecule has 1 aromatic heterocycles. The average molecular weight is 248 g/mol. The van der Waals surface area contributed by atoms with E-state index < -0.39 is 0 Å². The number of carbonyl (C=O) groups excluding carboxylic acids is 2. The van der Waals surface area contributed by atoms with Crippen LogP contribution in [0.15, 0.2) is 9.85 Å². The van der Waals surface area contributed by atoms with Gasteiger partial charge in [0.05, 0.1) is 9.35 Å². The van der Waals surface area contributed by atoms with Crippen molar-refractivity contribution >= 4 is 44.5 Å². The van der Waals surface area contributed by atoms with Crippen molar-refractivity contribution in [1.82, 2.24) is 0 Å². The Labute approximate surface area is 81.9 Å². The quantitative estimate of drug-likeness (QED) is 0.816. The summed E-state index contributed by atoms with van der Waals surface area (Å²) in [6.45, 7) is 1.40. The van der Waals surface area contributed by atoms with E-state index in [0.717, 1.165) is 3.79 Å². The van der Waals surface area contributed by atoms with Gasteiger partial charge in [0.2, 0.25) is 5.91 Å². The lowest BCUT2D eigenvalue weighted by Crippen LogP contribution is -2.05. The van der Waals surface area contributed by atoms with Gasteiger partial charge in [-0.15, -0.1) is 11.3 Å². The van der Waals surface area contributed by atoms with E-state index >= 15 is 0 Å². The summed E-state index contributed by atoms with van der Waals surface area (Å²) in [4.78, 5) is 21.1. The van der Waals surface area contributed by atoms with Gasteiger partial charge in [-0.2, -0.15) is 0 Å². The summed E-state index contributed by atoms with van der Waals surface area (Å²) in [6.07, 6.45) is 0.715. The Hall–Kier alpha value is -0.680. The van der Waals surface area contributed by atoms with E-state index in [4.69, 9.17) is 0 Å². The molecule has 0 bridgehead atoms. The standard InChI is InChI=1S/C7H6BrNO2S/c1-4(11)9-7-5(3-10)2-6(8)12-7/h2-3H,1H3,(H,9,11). The van der Waals surface area contributed by atoms with Gasteiger partial charge in [0.25, 0.3) is 0 Å². The molecule has 64 valence electrons. The van der Waals surface area contributed by atoms with Crippen LogP contribution in [0, 0.1) is 0 Å². The number of hydrogen-bond donors (Lipinski definition) is 1. The lowest BCUT2D eigenvalue weighted by Gasteiger charge is -1.96. The molecule has 0 spiro atoms. The summed E-state index contributed by atoms with van der Waals surface area (Å²) in [7, 11) is 0. The van der Waals surface area contributed by atoms with E-state index in [1.807, 2.05) is 0 Å². The zero-order valence-corrected chi connectivity index (χ0v) is 8.66. The van der Waals surface area contributed by atoms with Crippen molar-refractivity contribution in [3.05, 3.63) is 15.4 Å². The maximum Gasteiger partial charge on any atom is 0.221 e. The molecule has 0 atom stereocenters. The highest BCUT2D eigenvalue weighted by molar-refractivity contribution is 9.11. The molecule has 0 aliphatic heterocycles. The van der Waals surface area contributed by atoms with Crippen LogP contribution in [-0.2, 0) is 4.79 Å². The molecule has 3 nitrogen and oxygen atoms in total. The highest BCUT2D eigenvalue weighted by Crippen LogP contribution is 2.30. The first-order chi connectivity index (χ1) is 5.63. The number of nitrogens with one attached hydrogen (secondary N) is 1. The predicted molar refractivity (Wildman–Crippen MR) is 51.7 cm³/mol. The first-order valence-electron chi connectivity index (χ1n) is 3.15. The molecule has 5 heteroatoms. The molecule has 0 saturated heterocycles. The first kappa shape index (κ1) is 9.41. The fraction of sp³-hybridized carbons (Fsp3) is 0.143. The summed E-state index contributed by atoms with van der Waals surface area (Å²) >= 11 is 4.54. The Morgan fingerprint density at radius 1 is 1.75 bits per heavy atom. The number of thiophene rings is 1. The number of carbonyl (C=O) groups is 2. The maximum atomic E-state index is 10.7. The largest absolute Gasteiger partial charge is 0.317 e. The summed E-state index contributed by atoms with van der Waals surface area (Å²) in [6, 6.07) is 1.67. The van der Waals surface area contributed by atoms with Crippen molar-refractivity contribution in [2.75, 3.05) is 5.32 Å². The summed E-state index contributed by atoms with van der Waals surface area (Å²) in [5.74, 6) is -0.174. The topological polar surface area (TPSA) is 46.2 Å². The monoisotopic (exact) mass is 247 g/mol. The average Bonchev–Trinajstić information content (AvgIpc) is 2.29. The molecule has 1 heterocycles. The van der Waals surface area contributed by atoms with Crippen LogP contribution >= 0.6 is 27.3 Å². The van der Waals surface area contributed by atoms with Crippen molar-refractivity contribution in [3.63, 3.8) is 0 Å². The molecule has 1 aromatic rings. The van der Waals surface area contributed by atoms with Gasteiger partial charge in [-0.1, -0.05) is 0 Å². The second-order valence-corrected chi connectivity index (χ2v) is 4.57. The molecule has 0 aromatic carbocycles. The Morgan fingerprint density at radius 2 is 2.42 bits per heavy atom. The van der Waals surface area contributed by atoms with Gasteiger partial charge in [-0.05, 0) is 22.0 Å². The van der Waals surface area contributed by atoms with Crippen molar-refractivity contribution in [1.29, 1.82) is 0 Å². The predicted octanol–water partition coefficient (Wildman–Crippen LogP) is 2.28. The zero-order chi connectivity index (χ0) is 9.14. The van der Waals surface area contributed by atoms with E-state index in [9.17, 15) is 9.59 Å². The maximum absolute atomic E-state index is 10.7. The summed E-state index contributed by atoms with van der Waals surface area (Å²) < 4.78 is 0.827. The molecular weight excluding hydrogens is 242 g/mol. The first-order valence-corrected chi connectivity index (χ1v) is 4.76. The molecule has 1 amide bonds. The molecule has 0 aliphatic carbocycles. The molecule has 0 radical (unpaired) electrons. The fourth-order valence-corrected chi connectivity index (χ4v) is 2.25. The molecule has 12 heavy (non-hydrogen) atoms. The van der Waals surface area contributed by atoms with Crippen molar-refractivity contribution in [2.45, 2.75) is 6.92 Å². The van der Waals surface area contributed by atoms with Gasteiger partial charge in [0, 0.05) is 6.92 Å². The minimum absolute atomic E-state index is 0.174. The Bertz CT molecular complexity index is 321. The van der Waals surface area contributed by atoms with Crippen LogP contribution in [0.25, 0.3) is 0 Å². The van der Waals surface area contributed by atoms with Crippen LogP contribution in [0.4, 0.5) is 5.00 Å². The lowest BCUT2D eigenvalue weighted by atomic mass is 10.3. The SMILES string of the molecule is CC(=O)Nc1sc(Br)cc1C=O. The Balaban J connectivity index is 2.96. The van der Waals surface area contributed by atoms with E-state index in [1.165, 1.54) is 18.3 Å². The van der Waals surface area contributed by atoms with Crippen LogP contribution in [-0.4, -0.2) is 12.2 Å².